The summed E-state index contributed by atoms with van der Waals surface area (Å²) in [7, 11) is 0. The Balaban J connectivity index is 0.000000227. The quantitative estimate of drug-likeness (QED) is 0.617. The number of hydrogen-bond acceptors (Lipinski definition) is 0. The molecule has 0 amide bonds. The first-order valence-corrected chi connectivity index (χ1v) is 5.01. The van der Waals surface area contributed by atoms with Gasteiger partial charge in [0, 0.05) is 20.1 Å². The molecule has 0 saturated heterocycles. The second-order valence-corrected chi connectivity index (χ2v) is 3.10. The molecule has 0 aliphatic heterocycles. The van der Waals surface area contributed by atoms with E-state index in [4.69, 9.17) is 0 Å². The number of allylic oxidation sites excluding steroid dienone is 8. The van der Waals surface area contributed by atoms with E-state index < -0.39 is 0 Å². The SMILES string of the molecule is C1=CCCC=C1.CCC1=[C-]CC=C1.[Ir]. The van der Waals surface area contributed by atoms with Crippen LogP contribution in [-0.2, 0) is 20.1 Å². The summed E-state index contributed by atoms with van der Waals surface area (Å²) in [6, 6.07) is 0. The van der Waals surface area contributed by atoms with E-state index in [0.717, 1.165) is 12.8 Å². The third-order valence-corrected chi connectivity index (χ3v) is 2.03. The van der Waals surface area contributed by atoms with Gasteiger partial charge in [-0.15, -0.1) is 6.42 Å². The van der Waals surface area contributed by atoms with E-state index >= 15 is 0 Å². The fraction of sp³-hybridized carbons (Fsp3) is 0.385. The maximum absolute atomic E-state index is 3.21. The minimum atomic E-state index is 0. The normalized spacial score (nSPS) is 16.8. The Kier molecular flexibility index (Phi) is 8.92. The molecule has 2 aliphatic carbocycles. The topological polar surface area (TPSA) is 0 Å². The monoisotopic (exact) mass is 366 g/mol. The molecular weight excluding hydrogens is 348 g/mol. The zero-order chi connectivity index (χ0) is 9.36. The van der Waals surface area contributed by atoms with Crippen molar-refractivity contribution < 1.29 is 20.1 Å². The number of hydrogen-bond donors (Lipinski definition) is 0. The standard InChI is InChI=1S/C7H9.C6H8.Ir/c1-2-7-5-3-4-6-7;1-2-4-6-5-3-1;/h3,5H,2,4H2,1H3;1-4H,5-6H2;/q-1;;. The molecule has 0 atom stereocenters. The third kappa shape index (κ3) is 6.12. The number of rotatable bonds is 1. The van der Waals surface area contributed by atoms with Crippen LogP contribution in [0.15, 0.2) is 42.0 Å². The molecule has 14 heavy (non-hydrogen) atoms. The molecule has 1 heteroatoms. The largest absolute Gasteiger partial charge is 0.270 e. The smallest absolute Gasteiger partial charge is 0 e. The van der Waals surface area contributed by atoms with Crippen molar-refractivity contribution in [2.45, 2.75) is 32.6 Å². The summed E-state index contributed by atoms with van der Waals surface area (Å²) in [4.78, 5) is 0. The molecule has 0 aromatic heterocycles. The van der Waals surface area contributed by atoms with Crippen LogP contribution in [0.1, 0.15) is 32.6 Å². The van der Waals surface area contributed by atoms with Gasteiger partial charge in [0.2, 0.25) is 0 Å². The van der Waals surface area contributed by atoms with Crippen LogP contribution in [0.2, 0.25) is 0 Å². The van der Waals surface area contributed by atoms with E-state index in [2.05, 4.69) is 49.5 Å². The van der Waals surface area contributed by atoms with Gasteiger partial charge in [0.15, 0.2) is 0 Å². The minimum absolute atomic E-state index is 0. The summed E-state index contributed by atoms with van der Waals surface area (Å²) >= 11 is 0. The van der Waals surface area contributed by atoms with Crippen molar-refractivity contribution >= 4 is 0 Å². The van der Waals surface area contributed by atoms with Gasteiger partial charge in [-0.25, -0.2) is 11.6 Å². The fourth-order valence-electron chi connectivity index (χ4n) is 1.24. The average molecular weight is 365 g/mol. The molecule has 0 spiro atoms. The van der Waals surface area contributed by atoms with Gasteiger partial charge in [0.25, 0.3) is 0 Å². The molecule has 0 heterocycles. The fourth-order valence-corrected chi connectivity index (χ4v) is 1.24. The predicted molar refractivity (Wildman–Crippen MR) is 58.3 cm³/mol. The van der Waals surface area contributed by atoms with Crippen molar-refractivity contribution in [3.63, 3.8) is 0 Å². The third-order valence-electron chi connectivity index (χ3n) is 2.03. The van der Waals surface area contributed by atoms with Gasteiger partial charge in [-0.05, 0) is 12.8 Å². The van der Waals surface area contributed by atoms with E-state index in [1.165, 1.54) is 18.4 Å². The van der Waals surface area contributed by atoms with Gasteiger partial charge in [0.05, 0.1) is 0 Å². The Bertz CT molecular complexity index is 232. The minimum Gasteiger partial charge on any atom is -0.270 e. The van der Waals surface area contributed by atoms with Gasteiger partial charge in [-0.2, -0.15) is 6.08 Å². The van der Waals surface area contributed by atoms with Crippen molar-refractivity contribution in [1.29, 1.82) is 0 Å². The summed E-state index contributed by atoms with van der Waals surface area (Å²) in [6.45, 7) is 2.15. The zero-order valence-electron chi connectivity index (χ0n) is 8.63. The van der Waals surface area contributed by atoms with Crippen molar-refractivity contribution in [2.75, 3.05) is 0 Å². The summed E-state index contributed by atoms with van der Waals surface area (Å²) in [6.07, 6.45) is 20.7. The van der Waals surface area contributed by atoms with Gasteiger partial charge in [0.1, 0.15) is 0 Å². The average Bonchev–Trinajstić information content (AvgIpc) is 2.74. The Hall–Kier alpha value is -0.391. The summed E-state index contributed by atoms with van der Waals surface area (Å²) in [5.41, 5.74) is 1.36. The molecule has 0 aromatic carbocycles. The molecule has 0 saturated carbocycles. The van der Waals surface area contributed by atoms with E-state index in [9.17, 15) is 0 Å². The molecule has 0 N–H and O–H groups in total. The molecule has 1 radical (unpaired) electrons. The van der Waals surface area contributed by atoms with Gasteiger partial charge in [-0.3, -0.25) is 6.08 Å². The van der Waals surface area contributed by atoms with Crippen LogP contribution >= 0.6 is 0 Å². The molecule has 0 aromatic rings. The van der Waals surface area contributed by atoms with E-state index in [-0.39, 0.29) is 20.1 Å². The van der Waals surface area contributed by atoms with Crippen LogP contribution in [0.3, 0.4) is 0 Å². The van der Waals surface area contributed by atoms with Crippen LogP contribution in [0, 0.1) is 6.08 Å². The van der Waals surface area contributed by atoms with Crippen LogP contribution in [0.25, 0.3) is 0 Å². The molecule has 0 fully saturated rings. The summed E-state index contributed by atoms with van der Waals surface area (Å²) in [5.74, 6) is 0. The van der Waals surface area contributed by atoms with Crippen LogP contribution in [-0.4, -0.2) is 0 Å². The van der Waals surface area contributed by atoms with E-state index in [1.54, 1.807) is 0 Å². The van der Waals surface area contributed by atoms with Crippen molar-refractivity contribution in [1.82, 2.24) is 0 Å². The molecule has 0 unspecified atom stereocenters. The van der Waals surface area contributed by atoms with Crippen LogP contribution < -0.4 is 0 Å². The van der Waals surface area contributed by atoms with Gasteiger partial charge >= 0.3 is 0 Å². The Morgan fingerprint density at radius 3 is 2.00 bits per heavy atom. The maximum Gasteiger partial charge on any atom is 0 e. The first-order valence-electron chi connectivity index (χ1n) is 5.01. The Morgan fingerprint density at radius 2 is 1.79 bits per heavy atom. The molecule has 0 bridgehead atoms. The van der Waals surface area contributed by atoms with Crippen molar-refractivity contribution in [3.05, 3.63) is 48.1 Å². The Labute approximate surface area is 101 Å². The maximum atomic E-state index is 3.21. The molecular formula is C13H17Ir-. The van der Waals surface area contributed by atoms with Crippen LogP contribution in [0.5, 0.6) is 0 Å². The second kappa shape index (κ2) is 9.18. The zero-order valence-corrected chi connectivity index (χ0v) is 11.0. The van der Waals surface area contributed by atoms with Crippen molar-refractivity contribution in [2.24, 2.45) is 0 Å². The Morgan fingerprint density at radius 1 is 1.14 bits per heavy atom. The predicted octanol–water partition coefficient (Wildman–Crippen LogP) is 3.98. The molecule has 2 aliphatic rings. The first kappa shape index (κ1) is 13.6. The van der Waals surface area contributed by atoms with Gasteiger partial charge in [-0.1, -0.05) is 37.6 Å². The second-order valence-electron chi connectivity index (χ2n) is 3.10. The van der Waals surface area contributed by atoms with E-state index in [1.807, 2.05) is 0 Å². The summed E-state index contributed by atoms with van der Waals surface area (Å²) < 4.78 is 0. The first-order chi connectivity index (χ1) is 6.43. The summed E-state index contributed by atoms with van der Waals surface area (Å²) in [5, 5.41) is 0. The van der Waals surface area contributed by atoms with Crippen LogP contribution in [0.4, 0.5) is 0 Å². The van der Waals surface area contributed by atoms with Gasteiger partial charge < -0.3 is 0 Å². The van der Waals surface area contributed by atoms with E-state index in [0.29, 0.717) is 0 Å². The molecule has 2 rings (SSSR count). The van der Waals surface area contributed by atoms with Crippen molar-refractivity contribution in [3.8, 4) is 0 Å². The molecule has 79 valence electrons. The molecule has 0 nitrogen and oxygen atoms in total.